The van der Waals surface area contributed by atoms with E-state index in [1.807, 2.05) is 0 Å². The summed E-state index contributed by atoms with van der Waals surface area (Å²) in [7, 11) is 0. The molecular weight excluding hydrogens is 311 g/mol. The van der Waals surface area contributed by atoms with Gasteiger partial charge >= 0.3 is 0 Å². The van der Waals surface area contributed by atoms with E-state index in [-0.39, 0.29) is 11.6 Å². The number of halogens is 2. The summed E-state index contributed by atoms with van der Waals surface area (Å²) in [6.45, 7) is 0. The van der Waals surface area contributed by atoms with Gasteiger partial charge in [0.2, 0.25) is 0 Å². The standard InChI is InChI=1S/C9H6BrClN4O2/c10-8-3-7(15(16)17)1-2-9(8)14-5-6(4-11)12-13-14/h1-3,5H,4H2. The normalized spacial score (nSPS) is 10.5. The Morgan fingerprint density at radius 2 is 2.29 bits per heavy atom. The minimum Gasteiger partial charge on any atom is -0.258 e. The van der Waals surface area contributed by atoms with Crippen LogP contribution in [-0.2, 0) is 5.88 Å². The molecule has 0 aliphatic carbocycles. The van der Waals surface area contributed by atoms with E-state index in [0.717, 1.165) is 0 Å². The molecule has 0 fully saturated rings. The second-order valence-electron chi connectivity index (χ2n) is 3.18. The highest BCUT2D eigenvalue weighted by molar-refractivity contribution is 9.10. The van der Waals surface area contributed by atoms with Crippen LogP contribution in [0.2, 0.25) is 0 Å². The Morgan fingerprint density at radius 3 is 2.82 bits per heavy atom. The summed E-state index contributed by atoms with van der Waals surface area (Å²) in [4.78, 5) is 10.1. The first-order valence-corrected chi connectivity index (χ1v) is 5.86. The molecule has 0 amide bonds. The molecule has 0 atom stereocenters. The summed E-state index contributed by atoms with van der Waals surface area (Å²) >= 11 is 8.87. The van der Waals surface area contributed by atoms with Crippen LogP contribution in [0, 0.1) is 10.1 Å². The molecule has 2 aromatic rings. The fraction of sp³-hybridized carbons (Fsp3) is 0.111. The van der Waals surface area contributed by atoms with Crippen LogP contribution >= 0.6 is 27.5 Å². The fourth-order valence-corrected chi connectivity index (χ4v) is 1.94. The molecule has 0 saturated heterocycles. The van der Waals surface area contributed by atoms with Gasteiger partial charge in [0.25, 0.3) is 5.69 Å². The molecule has 0 unspecified atom stereocenters. The molecule has 0 bridgehead atoms. The van der Waals surface area contributed by atoms with E-state index in [1.54, 1.807) is 12.3 Å². The number of alkyl halides is 1. The first-order valence-electron chi connectivity index (χ1n) is 4.53. The molecule has 6 nitrogen and oxygen atoms in total. The van der Waals surface area contributed by atoms with Gasteiger partial charge in [-0.3, -0.25) is 10.1 Å². The first kappa shape index (κ1) is 12.0. The minimum absolute atomic E-state index is 0.0123. The maximum Gasteiger partial charge on any atom is 0.270 e. The van der Waals surface area contributed by atoms with Gasteiger partial charge in [0, 0.05) is 12.1 Å². The van der Waals surface area contributed by atoms with Gasteiger partial charge in [0.05, 0.1) is 32.9 Å². The van der Waals surface area contributed by atoms with Crippen molar-refractivity contribution in [3.8, 4) is 5.69 Å². The zero-order valence-electron chi connectivity index (χ0n) is 8.38. The molecule has 1 aromatic heterocycles. The first-order chi connectivity index (χ1) is 8.11. The Hall–Kier alpha value is -1.47. The largest absolute Gasteiger partial charge is 0.270 e. The highest BCUT2D eigenvalue weighted by atomic mass is 79.9. The maximum absolute atomic E-state index is 10.6. The van der Waals surface area contributed by atoms with Crippen molar-refractivity contribution in [3.05, 3.63) is 44.7 Å². The number of nitro benzene ring substituents is 1. The number of hydrogen-bond acceptors (Lipinski definition) is 4. The van der Waals surface area contributed by atoms with Crippen LogP contribution in [0.15, 0.2) is 28.9 Å². The summed E-state index contributed by atoms with van der Waals surface area (Å²) in [5.74, 6) is 0.268. The van der Waals surface area contributed by atoms with Crippen molar-refractivity contribution in [2.24, 2.45) is 0 Å². The molecule has 2 rings (SSSR count). The molecule has 1 aromatic carbocycles. The molecule has 0 radical (unpaired) electrons. The van der Waals surface area contributed by atoms with E-state index in [4.69, 9.17) is 11.6 Å². The van der Waals surface area contributed by atoms with Crippen LogP contribution in [0.5, 0.6) is 0 Å². The third-order valence-corrected chi connectivity index (χ3v) is 2.98. The van der Waals surface area contributed by atoms with Gasteiger partial charge in [-0.05, 0) is 22.0 Å². The molecule has 17 heavy (non-hydrogen) atoms. The Balaban J connectivity index is 2.42. The van der Waals surface area contributed by atoms with Crippen LogP contribution in [0.25, 0.3) is 5.69 Å². The van der Waals surface area contributed by atoms with Gasteiger partial charge in [0.1, 0.15) is 0 Å². The molecule has 1 heterocycles. The van der Waals surface area contributed by atoms with E-state index in [9.17, 15) is 10.1 Å². The predicted molar refractivity (Wildman–Crippen MR) is 65.3 cm³/mol. The number of rotatable bonds is 3. The summed E-state index contributed by atoms with van der Waals surface area (Å²) in [5, 5.41) is 18.3. The van der Waals surface area contributed by atoms with Gasteiger partial charge in [-0.1, -0.05) is 5.21 Å². The smallest absolute Gasteiger partial charge is 0.258 e. The molecule has 0 aliphatic heterocycles. The van der Waals surface area contributed by atoms with Gasteiger partial charge in [0.15, 0.2) is 0 Å². The van der Waals surface area contributed by atoms with Crippen LogP contribution in [0.3, 0.4) is 0 Å². The lowest BCUT2D eigenvalue weighted by molar-refractivity contribution is -0.384. The third kappa shape index (κ3) is 2.45. The van der Waals surface area contributed by atoms with Crippen molar-refractivity contribution < 1.29 is 4.92 Å². The number of nitro groups is 1. The topological polar surface area (TPSA) is 73.8 Å². The van der Waals surface area contributed by atoms with Crippen LogP contribution in [0.4, 0.5) is 5.69 Å². The summed E-state index contributed by atoms with van der Waals surface area (Å²) in [6, 6.07) is 4.41. The average Bonchev–Trinajstić information content (AvgIpc) is 2.77. The van der Waals surface area contributed by atoms with Crippen molar-refractivity contribution in [2.75, 3.05) is 0 Å². The van der Waals surface area contributed by atoms with Gasteiger partial charge in [-0.2, -0.15) is 0 Å². The number of benzene rings is 1. The van der Waals surface area contributed by atoms with Crippen LogP contribution < -0.4 is 0 Å². The second kappa shape index (κ2) is 4.80. The molecule has 8 heteroatoms. The van der Waals surface area contributed by atoms with Gasteiger partial charge in [-0.25, -0.2) is 4.68 Å². The van der Waals surface area contributed by atoms with Gasteiger partial charge < -0.3 is 0 Å². The third-order valence-electron chi connectivity index (χ3n) is 2.07. The minimum atomic E-state index is -0.458. The van der Waals surface area contributed by atoms with Crippen molar-refractivity contribution in [3.63, 3.8) is 0 Å². The summed E-state index contributed by atoms with van der Waals surface area (Å²) in [5.41, 5.74) is 1.31. The monoisotopic (exact) mass is 316 g/mol. The SMILES string of the molecule is O=[N+]([O-])c1ccc(-n2cc(CCl)nn2)c(Br)c1. The quantitative estimate of drug-likeness (QED) is 0.495. The number of non-ortho nitro benzene ring substituents is 1. The van der Waals surface area contributed by atoms with E-state index in [0.29, 0.717) is 15.9 Å². The summed E-state index contributed by atoms with van der Waals surface area (Å²) in [6.07, 6.45) is 1.67. The van der Waals surface area contributed by atoms with E-state index in [2.05, 4.69) is 26.2 Å². The lowest BCUT2D eigenvalue weighted by Gasteiger charge is -2.02. The van der Waals surface area contributed by atoms with E-state index >= 15 is 0 Å². The molecular formula is C9H6BrClN4O2. The van der Waals surface area contributed by atoms with Crippen molar-refractivity contribution in [1.82, 2.24) is 15.0 Å². The Labute approximate surface area is 109 Å². The zero-order valence-corrected chi connectivity index (χ0v) is 10.7. The Bertz CT molecular complexity index is 572. The van der Waals surface area contributed by atoms with Crippen LogP contribution in [-0.4, -0.2) is 19.9 Å². The lowest BCUT2D eigenvalue weighted by Crippen LogP contribution is -1.97. The van der Waals surface area contributed by atoms with Crippen molar-refractivity contribution in [2.45, 2.75) is 5.88 Å². The molecule has 88 valence electrons. The molecule has 0 spiro atoms. The molecule has 0 aliphatic rings. The van der Waals surface area contributed by atoms with Gasteiger partial charge in [-0.15, -0.1) is 16.7 Å². The van der Waals surface area contributed by atoms with Crippen LogP contribution in [0.1, 0.15) is 5.69 Å². The van der Waals surface area contributed by atoms with Crippen molar-refractivity contribution in [1.29, 1.82) is 0 Å². The van der Waals surface area contributed by atoms with Crippen molar-refractivity contribution >= 4 is 33.2 Å². The molecule has 0 N–H and O–H groups in total. The molecule has 0 saturated carbocycles. The Morgan fingerprint density at radius 1 is 1.53 bits per heavy atom. The number of nitrogens with zero attached hydrogens (tertiary/aromatic N) is 4. The zero-order chi connectivity index (χ0) is 12.4. The Kier molecular flexibility index (Phi) is 3.39. The van der Waals surface area contributed by atoms with E-state index < -0.39 is 4.92 Å². The fourth-order valence-electron chi connectivity index (χ4n) is 1.27. The number of aromatic nitrogens is 3. The predicted octanol–water partition coefficient (Wildman–Crippen LogP) is 2.68. The maximum atomic E-state index is 10.6. The second-order valence-corrected chi connectivity index (χ2v) is 4.30. The number of hydrogen-bond donors (Lipinski definition) is 0. The average molecular weight is 318 g/mol. The highest BCUT2D eigenvalue weighted by Crippen LogP contribution is 2.25. The highest BCUT2D eigenvalue weighted by Gasteiger charge is 2.11. The van der Waals surface area contributed by atoms with E-state index in [1.165, 1.54) is 16.8 Å². The summed E-state index contributed by atoms with van der Waals surface area (Å²) < 4.78 is 2.07. The lowest BCUT2D eigenvalue weighted by atomic mass is 10.3.